The molecule has 1 aromatic carbocycles. The Labute approximate surface area is 118 Å². The van der Waals surface area contributed by atoms with Crippen molar-refractivity contribution >= 4 is 7.60 Å². The molecule has 0 aromatic heterocycles. The number of rotatable bonds is 4. The van der Waals surface area contributed by atoms with E-state index >= 15 is 0 Å². The third-order valence-corrected chi connectivity index (χ3v) is 7.96. The molecular formula is C15H17O4P. The first kappa shape index (κ1) is 12.6. The molecule has 0 heterocycles. The van der Waals surface area contributed by atoms with Gasteiger partial charge in [0.2, 0.25) is 0 Å². The Kier molecular flexibility index (Phi) is 2.37. The summed E-state index contributed by atoms with van der Waals surface area (Å²) in [6.45, 7) is 0. The van der Waals surface area contributed by atoms with Crippen molar-refractivity contribution in [3.63, 3.8) is 0 Å². The van der Waals surface area contributed by atoms with Gasteiger partial charge in [0.15, 0.2) is 0 Å². The molecule has 20 heavy (non-hydrogen) atoms. The fraction of sp³-hybridized carbons (Fsp3) is 0.467. The summed E-state index contributed by atoms with van der Waals surface area (Å²) in [5.74, 6) is 1.30. The fourth-order valence-corrected chi connectivity index (χ4v) is 7.02. The van der Waals surface area contributed by atoms with Crippen molar-refractivity contribution in [2.24, 2.45) is 5.92 Å². The van der Waals surface area contributed by atoms with Gasteiger partial charge >= 0.3 is 7.60 Å². The molecule has 4 unspecified atom stereocenters. The lowest BCUT2D eigenvalue weighted by Gasteiger charge is -2.26. The summed E-state index contributed by atoms with van der Waals surface area (Å²) in [5.41, 5.74) is 2.50. The summed E-state index contributed by atoms with van der Waals surface area (Å²) < 4.78 is 29.4. The monoisotopic (exact) mass is 292 g/mol. The SMILES string of the molecule is COC1=CC2c3ccccc3C3C1C23P(=O)(OC)OC. The van der Waals surface area contributed by atoms with Gasteiger partial charge in [-0.15, -0.1) is 0 Å². The second kappa shape index (κ2) is 3.76. The molecule has 1 fully saturated rings. The lowest BCUT2D eigenvalue weighted by molar-refractivity contribution is 0.251. The molecule has 4 nitrogen and oxygen atoms in total. The van der Waals surface area contributed by atoms with Gasteiger partial charge in [0.25, 0.3) is 0 Å². The largest absolute Gasteiger partial charge is 0.501 e. The first-order valence-corrected chi connectivity index (χ1v) is 8.26. The number of hydrogen-bond acceptors (Lipinski definition) is 4. The van der Waals surface area contributed by atoms with Crippen molar-refractivity contribution in [3.05, 3.63) is 47.2 Å². The Morgan fingerprint density at radius 1 is 1.05 bits per heavy atom. The Bertz CT molecular complexity index is 660. The van der Waals surface area contributed by atoms with Crippen LogP contribution in [0.5, 0.6) is 0 Å². The molecule has 4 rings (SSSR count). The Morgan fingerprint density at radius 3 is 2.30 bits per heavy atom. The van der Waals surface area contributed by atoms with Gasteiger partial charge in [0.05, 0.1) is 12.9 Å². The third kappa shape index (κ3) is 1.08. The quantitative estimate of drug-likeness (QED) is 0.799. The Morgan fingerprint density at radius 2 is 1.70 bits per heavy atom. The lowest BCUT2D eigenvalue weighted by atomic mass is 9.98. The maximum absolute atomic E-state index is 13.2. The molecule has 0 spiro atoms. The molecule has 3 aliphatic rings. The average molecular weight is 292 g/mol. The van der Waals surface area contributed by atoms with Crippen molar-refractivity contribution in [1.82, 2.24) is 0 Å². The highest BCUT2D eigenvalue weighted by Crippen LogP contribution is 2.90. The number of ether oxygens (including phenoxy) is 1. The van der Waals surface area contributed by atoms with E-state index in [9.17, 15) is 4.57 Å². The molecule has 0 bridgehead atoms. The minimum absolute atomic E-state index is 0.0642. The second-order valence-electron chi connectivity index (χ2n) is 5.59. The average Bonchev–Trinajstić information content (AvgIpc) is 3.01. The van der Waals surface area contributed by atoms with Crippen LogP contribution in [0.1, 0.15) is 23.0 Å². The summed E-state index contributed by atoms with van der Waals surface area (Å²) in [4.78, 5) is 0. The number of benzene rings is 1. The van der Waals surface area contributed by atoms with Crippen molar-refractivity contribution < 1.29 is 18.3 Å². The van der Waals surface area contributed by atoms with Crippen molar-refractivity contribution in [2.45, 2.75) is 17.0 Å². The van der Waals surface area contributed by atoms with Gasteiger partial charge in [-0.1, -0.05) is 24.3 Å². The molecule has 1 aromatic rings. The zero-order chi connectivity index (χ0) is 14.1. The zero-order valence-corrected chi connectivity index (χ0v) is 12.6. The number of methoxy groups -OCH3 is 1. The molecule has 0 saturated heterocycles. The summed E-state index contributed by atoms with van der Waals surface area (Å²) in [5, 5.41) is -0.481. The minimum Gasteiger partial charge on any atom is -0.501 e. The normalized spacial score (nSPS) is 36.4. The van der Waals surface area contributed by atoms with E-state index in [2.05, 4.69) is 18.2 Å². The summed E-state index contributed by atoms with van der Waals surface area (Å²) in [6, 6.07) is 8.28. The summed E-state index contributed by atoms with van der Waals surface area (Å²) >= 11 is 0. The predicted molar refractivity (Wildman–Crippen MR) is 74.9 cm³/mol. The fourth-order valence-electron chi connectivity index (χ4n) is 4.52. The van der Waals surface area contributed by atoms with Crippen LogP contribution < -0.4 is 0 Å². The molecule has 4 atom stereocenters. The first-order chi connectivity index (χ1) is 9.65. The van der Waals surface area contributed by atoms with Crippen LogP contribution in [0.2, 0.25) is 0 Å². The van der Waals surface area contributed by atoms with Crippen LogP contribution in [0.3, 0.4) is 0 Å². The Balaban J connectivity index is 1.93. The smallest absolute Gasteiger partial charge is 0.338 e. The first-order valence-electron chi connectivity index (χ1n) is 6.71. The molecule has 1 saturated carbocycles. The van der Waals surface area contributed by atoms with Crippen LogP contribution in [0.25, 0.3) is 0 Å². The molecule has 106 valence electrons. The number of allylic oxidation sites excluding steroid dienone is 2. The zero-order valence-electron chi connectivity index (χ0n) is 11.7. The van der Waals surface area contributed by atoms with E-state index in [1.807, 2.05) is 12.1 Å². The third-order valence-electron chi connectivity index (χ3n) is 5.21. The van der Waals surface area contributed by atoms with E-state index in [1.165, 1.54) is 25.3 Å². The second-order valence-corrected chi connectivity index (χ2v) is 8.08. The van der Waals surface area contributed by atoms with Crippen LogP contribution in [0.4, 0.5) is 0 Å². The molecule has 0 N–H and O–H groups in total. The van der Waals surface area contributed by atoms with Crippen molar-refractivity contribution in [1.29, 1.82) is 0 Å². The topological polar surface area (TPSA) is 44.8 Å². The van der Waals surface area contributed by atoms with Crippen molar-refractivity contribution in [3.8, 4) is 0 Å². The Hall–Kier alpha value is -1.09. The van der Waals surface area contributed by atoms with Gasteiger partial charge in [-0.3, -0.25) is 4.57 Å². The van der Waals surface area contributed by atoms with E-state index in [1.54, 1.807) is 7.11 Å². The van der Waals surface area contributed by atoms with Crippen molar-refractivity contribution in [2.75, 3.05) is 21.3 Å². The van der Waals surface area contributed by atoms with E-state index in [0.29, 0.717) is 0 Å². The molecule has 0 amide bonds. The van der Waals surface area contributed by atoms with E-state index in [-0.39, 0.29) is 17.8 Å². The van der Waals surface area contributed by atoms with E-state index in [4.69, 9.17) is 13.8 Å². The van der Waals surface area contributed by atoms with E-state index < -0.39 is 12.8 Å². The maximum Gasteiger partial charge on any atom is 0.338 e. The van der Waals surface area contributed by atoms with Gasteiger partial charge in [-0.2, -0.15) is 0 Å². The van der Waals surface area contributed by atoms with Gasteiger partial charge < -0.3 is 13.8 Å². The van der Waals surface area contributed by atoms with Gasteiger partial charge in [-0.25, -0.2) is 0 Å². The van der Waals surface area contributed by atoms with Crippen LogP contribution in [0, 0.1) is 5.92 Å². The lowest BCUT2D eigenvalue weighted by Crippen LogP contribution is -2.19. The molecule has 5 heteroatoms. The molecule has 0 radical (unpaired) electrons. The summed E-state index contributed by atoms with van der Waals surface area (Å²) in [7, 11) is 1.44. The summed E-state index contributed by atoms with van der Waals surface area (Å²) in [6.07, 6.45) is 2.09. The van der Waals surface area contributed by atoms with Crippen LogP contribution in [-0.4, -0.2) is 26.5 Å². The maximum atomic E-state index is 13.2. The van der Waals surface area contributed by atoms with Gasteiger partial charge in [0, 0.05) is 32.0 Å². The van der Waals surface area contributed by atoms with Crippen LogP contribution in [-0.2, 0) is 18.3 Å². The van der Waals surface area contributed by atoms with Gasteiger partial charge in [0.1, 0.15) is 5.16 Å². The standard InChI is InChI=1S/C15H17O4P/c1-17-12-8-11-9-6-4-5-7-10(9)13-14(12)15(11,13)20(16,18-2)19-3/h4-8,11,13-14H,1-3H3. The van der Waals surface area contributed by atoms with Crippen LogP contribution in [0.15, 0.2) is 36.1 Å². The molecule has 3 aliphatic carbocycles. The molecular weight excluding hydrogens is 275 g/mol. The van der Waals surface area contributed by atoms with Crippen LogP contribution >= 0.6 is 7.60 Å². The predicted octanol–water partition coefficient (Wildman–Crippen LogP) is 3.27. The number of hydrogen-bond donors (Lipinski definition) is 0. The highest BCUT2D eigenvalue weighted by atomic mass is 31.2. The highest BCUT2D eigenvalue weighted by Gasteiger charge is 2.85. The minimum atomic E-state index is -3.18. The van der Waals surface area contributed by atoms with Gasteiger partial charge in [-0.05, 0) is 17.2 Å². The highest BCUT2D eigenvalue weighted by molar-refractivity contribution is 7.56. The molecule has 0 aliphatic heterocycles. The van der Waals surface area contributed by atoms with E-state index in [0.717, 1.165) is 5.76 Å². The number of fused-ring (bicyclic) bond motifs is 4.